The molecule has 3 N–H and O–H groups in total. The first-order valence-corrected chi connectivity index (χ1v) is 8.07. The molecule has 0 bridgehead atoms. The number of hydrogen-bond acceptors (Lipinski definition) is 3. The minimum atomic E-state index is -1.13. The Labute approximate surface area is 146 Å². The molecule has 1 unspecified atom stereocenters. The quantitative estimate of drug-likeness (QED) is 0.737. The van der Waals surface area contributed by atoms with Gasteiger partial charge in [0.15, 0.2) is 0 Å². The Morgan fingerprint density at radius 2 is 1.88 bits per heavy atom. The maximum atomic E-state index is 12.6. The highest BCUT2D eigenvalue weighted by Crippen LogP contribution is 2.20. The number of rotatable bonds is 6. The van der Waals surface area contributed by atoms with E-state index in [9.17, 15) is 14.4 Å². The standard InChI is InChI=1S/C18H23N3O4/c1-10(2)16(18(25)19-9-15(22)23)20-17(24)14-8-12-7-11(3)5-6-13(12)21(14)4/h5-8,10,16H,9H2,1-4H3,(H,19,25)(H,20,24)(H,22,23). The number of aromatic nitrogens is 1. The highest BCUT2D eigenvalue weighted by molar-refractivity contribution is 6.01. The maximum Gasteiger partial charge on any atom is 0.322 e. The van der Waals surface area contributed by atoms with Gasteiger partial charge >= 0.3 is 5.97 Å². The molecule has 134 valence electrons. The Bertz CT molecular complexity index is 823. The van der Waals surface area contributed by atoms with Crippen molar-refractivity contribution in [3.05, 3.63) is 35.5 Å². The predicted molar refractivity (Wildman–Crippen MR) is 94.4 cm³/mol. The van der Waals surface area contributed by atoms with E-state index in [4.69, 9.17) is 5.11 Å². The second-order valence-corrected chi connectivity index (χ2v) is 6.46. The molecule has 0 radical (unpaired) electrons. The Kier molecular flexibility index (Phi) is 5.46. The van der Waals surface area contributed by atoms with Gasteiger partial charge in [0.2, 0.25) is 5.91 Å². The lowest BCUT2D eigenvalue weighted by atomic mass is 10.0. The zero-order chi connectivity index (χ0) is 18.7. The monoisotopic (exact) mass is 345 g/mol. The van der Waals surface area contributed by atoms with E-state index in [0.29, 0.717) is 5.69 Å². The summed E-state index contributed by atoms with van der Waals surface area (Å²) in [7, 11) is 1.79. The van der Waals surface area contributed by atoms with Crippen LogP contribution in [0.1, 0.15) is 29.9 Å². The molecule has 0 spiro atoms. The fourth-order valence-electron chi connectivity index (χ4n) is 2.71. The second kappa shape index (κ2) is 7.38. The van der Waals surface area contributed by atoms with Crippen LogP contribution in [0, 0.1) is 12.8 Å². The van der Waals surface area contributed by atoms with Crippen LogP contribution >= 0.6 is 0 Å². The molecule has 2 amide bonds. The summed E-state index contributed by atoms with van der Waals surface area (Å²) in [5.41, 5.74) is 2.46. The van der Waals surface area contributed by atoms with Crippen LogP contribution in [0.2, 0.25) is 0 Å². The van der Waals surface area contributed by atoms with Crippen LogP contribution in [0.15, 0.2) is 24.3 Å². The van der Waals surface area contributed by atoms with Gasteiger partial charge in [-0.15, -0.1) is 0 Å². The summed E-state index contributed by atoms with van der Waals surface area (Å²) < 4.78 is 1.77. The van der Waals surface area contributed by atoms with Crippen LogP contribution in [0.25, 0.3) is 10.9 Å². The number of carbonyl (C=O) groups is 3. The van der Waals surface area contributed by atoms with Gasteiger partial charge in [0.25, 0.3) is 5.91 Å². The third kappa shape index (κ3) is 4.17. The third-order valence-electron chi connectivity index (χ3n) is 4.08. The molecule has 2 aromatic rings. The second-order valence-electron chi connectivity index (χ2n) is 6.46. The minimum absolute atomic E-state index is 0.185. The van der Waals surface area contributed by atoms with Crippen molar-refractivity contribution in [2.75, 3.05) is 6.54 Å². The molecule has 1 atom stereocenters. The third-order valence-corrected chi connectivity index (χ3v) is 4.08. The van der Waals surface area contributed by atoms with Crippen molar-refractivity contribution in [2.24, 2.45) is 13.0 Å². The van der Waals surface area contributed by atoms with E-state index < -0.39 is 24.5 Å². The summed E-state index contributed by atoms with van der Waals surface area (Å²) in [5.74, 6) is -2.21. The van der Waals surface area contributed by atoms with Gasteiger partial charge in [-0.3, -0.25) is 14.4 Å². The van der Waals surface area contributed by atoms with Crippen molar-refractivity contribution in [1.29, 1.82) is 0 Å². The summed E-state index contributed by atoms with van der Waals surface area (Å²) >= 11 is 0. The van der Waals surface area contributed by atoms with E-state index >= 15 is 0 Å². The number of nitrogens with zero attached hydrogens (tertiary/aromatic N) is 1. The summed E-state index contributed by atoms with van der Waals surface area (Å²) in [6.07, 6.45) is 0. The molecule has 1 heterocycles. The lowest BCUT2D eigenvalue weighted by Crippen LogP contribution is -2.50. The molecule has 0 aliphatic heterocycles. The average Bonchev–Trinajstić information content (AvgIpc) is 2.86. The number of benzene rings is 1. The predicted octanol–water partition coefficient (Wildman–Crippen LogP) is 1.44. The smallest absolute Gasteiger partial charge is 0.322 e. The van der Waals surface area contributed by atoms with Gasteiger partial charge in [0, 0.05) is 18.0 Å². The Morgan fingerprint density at radius 3 is 2.48 bits per heavy atom. The number of carboxylic acids is 1. The molecule has 0 fully saturated rings. The lowest BCUT2D eigenvalue weighted by Gasteiger charge is -2.21. The number of carboxylic acid groups (broad SMARTS) is 1. The van der Waals surface area contributed by atoms with Crippen LogP contribution in [0.4, 0.5) is 0 Å². The van der Waals surface area contributed by atoms with Gasteiger partial charge in [0.1, 0.15) is 18.3 Å². The first-order valence-electron chi connectivity index (χ1n) is 8.07. The van der Waals surface area contributed by atoms with E-state index in [0.717, 1.165) is 16.5 Å². The first kappa shape index (κ1) is 18.5. The number of nitrogens with one attached hydrogen (secondary N) is 2. The minimum Gasteiger partial charge on any atom is -0.480 e. The van der Waals surface area contributed by atoms with E-state index in [1.807, 2.05) is 25.1 Å². The van der Waals surface area contributed by atoms with Crippen molar-refractivity contribution in [1.82, 2.24) is 15.2 Å². The molecule has 0 saturated heterocycles. The molecule has 1 aromatic heterocycles. The zero-order valence-corrected chi connectivity index (χ0v) is 14.8. The van der Waals surface area contributed by atoms with E-state index in [1.54, 1.807) is 31.5 Å². The molecule has 0 saturated carbocycles. The summed E-state index contributed by atoms with van der Waals surface area (Å²) in [6.45, 7) is 5.07. The number of aliphatic carboxylic acids is 1. The van der Waals surface area contributed by atoms with Gasteiger partial charge in [-0.05, 0) is 31.0 Å². The number of carbonyl (C=O) groups excluding carboxylic acids is 2. The van der Waals surface area contributed by atoms with Crippen molar-refractivity contribution in [3.63, 3.8) is 0 Å². The Balaban J connectivity index is 2.22. The van der Waals surface area contributed by atoms with Crippen LogP contribution in [0.3, 0.4) is 0 Å². The highest BCUT2D eigenvalue weighted by atomic mass is 16.4. The largest absolute Gasteiger partial charge is 0.480 e. The van der Waals surface area contributed by atoms with E-state index in [2.05, 4.69) is 10.6 Å². The van der Waals surface area contributed by atoms with Crippen LogP contribution in [-0.2, 0) is 16.6 Å². The van der Waals surface area contributed by atoms with Crippen LogP contribution < -0.4 is 10.6 Å². The highest BCUT2D eigenvalue weighted by Gasteiger charge is 2.26. The summed E-state index contributed by atoms with van der Waals surface area (Å²) in [6, 6.07) is 6.88. The van der Waals surface area contributed by atoms with E-state index in [1.165, 1.54) is 0 Å². The normalized spacial score (nSPS) is 12.2. The molecule has 1 aromatic carbocycles. The van der Waals surface area contributed by atoms with Gasteiger partial charge < -0.3 is 20.3 Å². The number of aryl methyl sites for hydroxylation is 2. The van der Waals surface area contributed by atoms with Crippen molar-refractivity contribution >= 4 is 28.7 Å². The fraction of sp³-hybridized carbons (Fsp3) is 0.389. The van der Waals surface area contributed by atoms with Crippen molar-refractivity contribution in [3.8, 4) is 0 Å². The molecule has 0 aliphatic rings. The van der Waals surface area contributed by atoms with Gasteiger partial charge in [0.05, 0.1) is 0 Å². The topological polar surface area (TPSA) is 100 Å². The molecule has 0 aliphatic carbocycles. The number of hydrogen-bond donors (Lipinski definition) is 3. The molecule has 2 rings (SSSR count). The lowest BCUT2D eigenvalue weighted by molar-refractivity contribution is -0.138. The van der Waals surface area contributed by atoms with Crippen LogP contribution in [-0.4, -0.2) is 40.0 Å². The fourth-order valence-corrected chi connectivity index (χ4v) is 2.71. The Hall–Kier alpha value is -2.83. The number of fused-ring (bicyclic) bond motifs is 1. The molecule has 7 nitrogen and oxygen atoms in total. The SMILES string of the molecule is Cc1ccc2c(c1)cc(C(=O)NC(C(=O)NCC(=O)O)C(C)C)n2C. The molecular weight excluding hydrogens is 322 g/mol. The van der Waals surface area contributed by atoms with Crippen molar-refractivity contribution in [2.45, 2.75) is 26.8 Å². The molecule has 7 heteroatoms. The Morgan fingerprint density at radius 1 is 1.20 bits per heavy atom. The molecular formula is C18H23N3O4. The van der Waals surface area contributed by atoms with Crippen molar-refractivity contribution < 1.29 is 19.5 Å². The maximum absolute atomic E-state index is 12.6. The summed E-state index contributed by atoms with van der Waals surface area (Å²) in [5, 5.41) is 14.6. The average molecular weight is 345 g/mol. The van der Waals surface area contributed by atoms with Gasteiger partial charge in [-0.1, -0.05) is 25.5 Å². The van der Waals surface area contributed by atoms with Crippen LogP contribution in [0.5, 0.6) is 0 Å². The first-order chi connectivity index (χ1) is 11.7. The number of amides is 2. The zero-order valence-electron chi connectivity index (χ0n) is 14.8. The van der Waals surface area contributed by atoms with Gasteiger partial charge in [-0.2, -0.15) is 0 Å². The van der Waals surface area contributed by atoms with E-state index in [-0.39, 0.29) is 11.8 Å². The molecule has 25 heavy (non-hydrogen) atoms. The summed E-state index contributed by atoms with van der Waals surface area (Å²) in [4.78, 5) is 35.4. The van der Waals surface area contributed by atoms with Gasteiger partial charge in [-0.25, -0.2) is 0 Å².